The fourth-order valence-corrected chi connectivity index (χ4v) is 8.87. The molecule has 0 unspecified atom stereocenters. The molecule has 3 amide bonds. The highest BCUT2D eigenvalue weighted by Gasteiger charge is 2.31. The summed E-state index contributed by atoms with van der Waals surface area (Å²) in [7, 11) is 0. The van der Waals surface area contributed by atoms with Gasteiger partial charge in [0.25, 0.3) is 0 Å². The van der Waals surface area contributed by atoms with Gasteiger partial charge in [0.05, 0.1) is 59.1 Å². The van der Waals surface area contributed by atoms with E-state index in [2.05, 4.69) is 20.8 Å². The van der Waals surface area contributed by atoms with Crippen molar-refractivity contribution in [1.29, 1.82) is 0 Å². The summed E-state index contributed by atoms with van der Waals surface area (Å²) < 4.78 is 16.1. The van der Waals surface area contributed by atoms with E-state index in [0.717, 1.165) is 38.5 Å². The second kappa shape index (κ2) is 39.7. The number of hydrogen-bond donors (Lipinski definition) is 0. The SMILES string of the molecule is CCCCCCCCOC(=O)CCSCCC(=O)N1CN(C(=O)CCSCCC(=O)OCCCCCCCC)CN(C(=O)CCSCCC(=O)OCCCCCCCC)C1. The molecule has 0 aromatic carbocycles. The molecule has 0 aliphatic carbocycles. The maximum Gasteiger partial charge on any atom is 0.306 e. The first-order valence-corrected chi connectivity index (χ1v) is 26.7. The van der Waals surface area contributed by atoms with E-state index in [1.807, 2.05) is 0 Å². The van der Waals surface area contributed by atoms with Crippen LogP contribution in [0.4, 0.5) is 0 Å². The molecule has 15 heteroatoms. The summed E-state index contributed by atoms with van der Waals surface area (Å²) in [6.07, 6.45) is 21.9. The zero-order valence-electron chi connectivity index (χ0n) is 37.7. The van der Waals surface area contributed by atoms with Crippen LogP contribution in [0.15, 0.2) is 0 Å². The van der Waals surface area contributed by atoms with Gasteiger partial charge in [-0.2, -0.15) is 35.3 Å². The Bertz CT molecular complexity index is 1020. The zero-order valence-corrected chi connectivity index (χ0v) is 40.1. The van der Waals surface area contributed by atoms with Crippen LogP contribution in [0.3, 0.4) is 0 Å². The summed E-state index contributed by atoms with van der Waals surface area (Å²) in [5, 5.41) is 0. The third kappa shape index (κ3) is 31.7. The van der Waals surface area contributed by atoms with Gasteiger partial charge in [0.2, 0.25) is 17.7 Å². The number of unbranched alkanes of at least 4 members (excludes halogenated alkanes) is 15. The Morgan fingerprint density at radius 3 is 0.850 bits per heavy atom. The third-order valence-electron chi connectivity index (χ3n) is 10.1. The van der Waals surface area contributed by atoms with E-state index >= 15 is 0 Å². The predicted molar refractivity (Wildman–Crippen MR) is 248 cm³/mol. The van der Waals surface area contributed by atoms with E-state index in [1.54, 1.807) is 14.7 Å². The van der Waals surface area contributed by atoms with Gasteiger partial charge in [-0.25, -0.2) is 0 Å². The quantitative estimate of drug-likeness (QED) is 0.0330. The standard InChI is InChI=1S/C45H81N3O9S3/c1-4-7-10-13-16-19-28-55-43(52)25-34-58-31-22-40(49)46-37-47(41(50)23-32-59-35-26-44(53)56-29-20-17-14-11-8-5-2)39-48(38-46)42(51)24-33-60-36-27-45(54)57-30-21-18-15-12-9-6-3/h4-39H2,1-3H3. The van der Waals surface area contributed by atoms with E-state index in [1.165, 1.54) is 112 Å². The van der Waals surface area contributed by atoms with Crippen molar-refractivity contribution in [2.75, 3.05) is 74.3 Å². The Balaban J connectivity index is 2.52. The van der Waals surface area contributed by atoms with Crippen LogP contribution >= 0.6 is 35.3 Å². The van der Waals surface area contributed by atoms with Crippen molar-refractivity contribution in [3.63, 3.8) is 0 Å². The number of rotatable bonds is 39. The molecule has 0 saturated carbocycles. The average molecular weight is 904 g/mol. The zero-order chi connectivity index (χ0) is 43.9. The van der Waals surface area contributed by atoms with Gasteiger partial charge in [0.15, 0.2) is 0 Å². The molecule has 1 fully saturated rings. The van der Waals surface area contributed by atoms with Crippen LogP contribution in [-0.2, 0) is 43.0 Å². The van der Waals surface area contributed by atoms with Crippen molar-refractivity contribution < 1.29 is 43.0 Å². The molecule has 1 saturated heterocycles. The predicted octanol–water partition coefficient (Wildman–Crippen LogP) is 9.61. The molecule has 60 heavy (non-hydrogen) atoms. The number of amides is 3. The van der Waals surface area contributed by atoms with Crippen LogP contribution in [0, 0.1) is 0 Å². The molecule has 0 bridgehead atoms. The van der Waals surface area contributed by atoms with Crippen molar-refractivity contribution in [3.8, 4) is 0 Å². The van der Waals surface area contributed by atoms with Crippen molar-refractivity contribution in [2.45, 2.75) is 175 Å². The molecule has 348 valence electrons. The summed E-state index contributed by atoms with van der Waals surface area (Å²) in [6.45, 7) is 8.21. The molecule has 12 nitrogen and oxygen atoms in total. The van der Waals surface area contributed by atoms with E-state index in [9.17, 15) is 28.8 Å². The second-order valence-corrected chi connectivity index (χ2v) is 19.2. The van der Waals surface area contributed by atoms with Crippen molar-refractivity contribution in [2.24, 2.45) is 0 Å². The highest BCUT2D eigenvalue weighted by molar-refractivity contribution is 7.99. The van der Waals surface area contributed by atoms with Gasteiger partial charge in [0.1, 0.15) is 0 Å². The number of ether oxygens (including phenoxy) is 3. The number of esters is 3. The molecule has 0 spiro atoms. The van der Waals surface area contributed by atoms with Crippen molar-refractivity contribution in [1.82, 2.24) is 14.7 Å². The first-order chi connectivity index (χ1) is 29.2. The Hall–Kier alpha value is -2.13. The van der Waals surface area contributed by atoms with Gasteiger partial charge in [-0.05, 0) is 19.3 Å². The lowest BCUT2D eigenvalue weighted by Crippen LogP contribution is -2.59. The number of carbonyl (C=O) groups is 6. The van der Waals surface area contributed by atoms with E-state index in [-0.39, 0.29) is 74.9 Å². The maximum absolute atomic E-state index is 13.4. The number of carbonyl (C=O) groups excluding carboxylic acids is 6. The van der Waals surface area contributed by atoms with Crippen molar-refractivity contribution in [3.05, 3.63) is 0 Å². The molecule has 0 aromatic rings. The van der Waals surface area contributed by atoms with Gasteiger partial charge in [-0.3, -0.25) is 28.8 Å². The number of thioether (sulfide) groups is 3. The lowest BCUT2D eigenvalue weighted by Gasteiger charge is -2.42. The topological polar surface area (TPSA) is 140 Å². The summed E-state index contributed by atoms with van der Waals surface area (Å²) in [5.74, 6) is 2.07. The fourth-order valence-electron chi connectivity index (χ4n) is 6.37. The van der Waals surface area contributed by atoms with Crippen LogP contribution in [0.5, 0.6) is 0 Å². The smallest absolute Gasteiger partial charge is 0.306 e. The van der Waals surface area contributed by atoms with Crippen LogP contribution < -0.4 is 0 Å². The third-order valence-corrected chi connectivity index (χ3v) is 13.1. The Morgan fingerprint density at radius 1 is 0.350 bits per heavy atom. The minimum atomic E-state index is -0.218. The molecular weight excluding hydrogens is 823 g/mol. The minimum Gasteiger partial charge on any atom is -0.466 e. The molecule has 1 aliphatic rings. The second-order valence-electron chi connectivity index (χ2n) is 15.5. The van der Waals surface area contributed by atoms with Crippen LogP contribution in [0.1, 0.15) is 175 Å². The van der Waals surface area contributed by atoms with E-state index < -0.39 is 0 Å². The maximum atomic E-state index is 13.4. The fraction of sp³-hybridized carbons (Fsp3) is 0.867. The summed E-state index contributed by atoms with van der Waals surface area (Å²) in [5.41, 5.74) is 0. The summed E-state index contributed by atoms with van der Waals surface area (Å²) in [6, 6.07) is 0. The first-order valence-electron chi connectivity index (χ1n) is 23.2. The van der Waals surface area contributed by atoms with Gasteiger partial charge in [0, 0.05) is 53.8 Å². The lowest BCUT2D eigenvalue weighted by atomic mass is 10.1. The lowest BCUT2D eigenvalue weighted by molar-refractivity contribution is -0.158. The van der Waals surface area contributed by atoms with Gasteiger partial charge in [-0.1, -0.05) is 117 Å². The summed E-state index contributed by atoms with van der Waals surface area (Å²) in [4.78, 5) is 81.2. The first kappa shape index (κ1) is 55.9. The number of nitrogens with zero attached hydrogens (tertiary/aromatic N) is 3. The molecule has 0 N–H and O–H groups in total. The van der Waals surface area contributed by atoms with E-state index in [4.69, 9.17) is 14.2 Å². The van der Waals surface area contributed by atoms with Crippen LogP contribution in [-0.4, -0.2) is 125 Å². The normalized spacial score (nSPS) is 12.8. The molecular formula is C45H81N3O9S3. The average Bonchev–Trinajstić information content (AvgIpc) is 3.24. The van der Waals surface area contributed by atoms with E-state index in [0.29, 0.717) is 73.6 Å². The molecule has 0 radical (unpaired) electrons. The van der Waals surface area contributed by atoms with Crippen LogP contribution in [0.25, 0.3) is 0 Å². The van der Waals surface area contributed by atoms with Gasteiger partial charge in [-0.15, -0.1) is 0 Å². The largest absolute Gasteiger partial charge is 0.466 e. The molecule has 1 rings (SSSR count). The molecule has 0 atom stereocenters. The Morgan fingerprint density at radius 2 is 0.583 bits per heavy atom. The Labute approximate surface area is 376 Å². The number of hydrogen-bond acceptors (Lipinski definition) is 12. The van der Waals surface area contributed by atoms with Gasteiger partial charge < -0.3 is 28.9 Å². The highest BCUT2D eigenvalue weighted by atomic mass is 32.2. The highest BCUT2D eigenvalue weighted by Crippen LogP contribution is 2.17. The van der Waals surface area contributed by atoms with Gasteiger partial charge >= 0.3 is 17.9 Å². The molecule has 0 aromatic heterocycles. The van der Waals surface area contributed by atoms with Crippen LogP contribution in [0.2, 0.25) is 0 Å². The minimum absolute atomic E-state index is 0.0991. The molecule has 1 heterocycles. The summed E-state index contributed by atoms with van der Waals surface area (Å²) >= 11 is 4.54. The molecule has 1 aliphatic heterocycles. The monoisotopic (exact) mass is 904 g/mol. The van der Waals surface area contributed by atoms with Crippen molar-refractivity contribution >= 4 is 70.9 Å². The Kier molecular flexibility index (Phi) is 37.0.